The van der Waals surface area contributed by atoms with E-state index in [9.17, 15) is 0 Å². The number of hydrogen-bond acceptors (Lipinski definition) is 3. The molecule has 0 spiro atoms. The topological polar surface area (TPSA) is 75.5 Å². The molecule has 0 fully saturated rings. The Kier molecular flexibility index (Phi) is 4.95. The lowest BCUT2D eigenvalue weighted by molar-refractivity contribution is -0.0488. The third-order valence-electron chi connectivity index (χ3n) is 1.20. The third-order valence-corrected chi connectivity index (χ3v) is 1.20. The molecular weight excluding hydrogens is 118 g/mol. The molecule has 0 saturated carbocycles. The van der Waals surface area contributed by atoms with Crippen molar-refractivity contribution >= 4 is 0 Å². The van der Waals surface area contributed by atoms with Gasteiger partial charge in [0.15, 0.2) is 0 Å². The van der Waals surface area contributed by atoms with Crippen LogP contribution in [0.5, 0.6) is 0 Å². The molecule has 5 N–H and O–H groups in total. The fourth-order valence-corrected chi connectivity index (χ4v) is 0.500. The maximum Gasteiger partial charge on any atom is 0.0849 e. The molecule has 1 unspecified atom stereocenters. The van der Waals surface area contributed by atoms with Crippen molar-refractivity contribution in [2.24, 2.45) is 0 Å². The van der Waals surface area contributed by atoms with Crippen molar-refractivity contribution in [3.8, 4) is 0 Å². The maximum atomic E-state index is 9.04. The summed E-state index contributed by atoms with van der Waals surface area (Å²) in [5.41, 5.74) is -0.936. The average molecular weight is 135 g/mol. The van der Waals surface area contributed by atoms with Gasteiger partial charge in [-0.25, -0.2) is 0 Å². The van der Waals surface area contributed by atoms with Crippen molar-refractivity contribution in [3.05, 3.63) is 0 Å². The molecule has 3 heteroatoms. The lowest BCUT2D eigenvalue weighted by Gasteiger charge is -2.22. The highest BCUT2D eigenvalue weighted by molar-refractivity contribution is 4.73. The van der Waals surface area contributed by atoms with Crippen LogP contribution >= 0.6 is 0 Å². The predicted octanol–water partition coefficient (Wildman–Crippen LogP) is 0.690. The zero-order valence-corrected chi connectivity index (χ0v) is 6.39. The normalized spacial score (nSPS) is 14.3. The quantitative estimate of drug-likeness (QED) is 0.521. The molecule has 3 nitrogen and oxygen atoms in total. The summed E-state index contributed by atoms with van der Waals surface area (Å²) < 4.78 is 0. The predicted molar refractivity (Wildman–Crippen MR) is 37.6 cm³/mol. The minimum Gasteiger partial charge on any atom is -0.390 e. The Labute approximate surface area is 56.3 Å². The maximum absolute atomic E-state index is 9.04. The first-order valence-electron chi connectivity index (χ1n) is 2.89. The molecule has 9 heavy (non-hydrogen) atoms. The average Bonchev–Trinajstić information content (AvgIpc) is 1.62. The van der Waals surface area contributed by atoms with Crippen LogP contribution in [0.15, 0.2) is 0 Å². The standard InChI is InChI=1S/C6H14O2.H3N/c1-4-5(7)6(2,3)8;/h5,7-8H,4H2,1-3H3;1H3. The molecular formula is C6H17NO2. The summed E-state index contributed by atoms with van der Waals surface area (Å²) in [4.78, 5) is 0. The zero-order chi connectivity index (χ0) is 6.78. The van der Waals surface area contributed by atoms with Gasteiger partial charge < -0.3 is 16.4 Å². The molecule has 1 atom stereocenters. The van der Waals surface area contributed by atoms with Gasteiger partial charge in [0.1, 0.15) is 0 Å². The van der Waals surface area contributed by atoms with Gasteiger partial charge in [0.05, 0.1) is 11.7 Å². The van der Waals surface area contributed by atoms with Crippen LogP contribution < -0.4 is 6.15 Å². The third kappa shape index (κ3) is 4.39. The number of hydrogen-bond donors (Lipinski definition) is 3. The van der Waals surface area contributed by atoms with E-state index >= 15 is 0 Å². The van der Waals surface area contributed by atoms with Crippen molar-refractivity contribution in [3.63, 3.8) is 0 Å². The van der Waals surface area contributed by atoms with Crippen LogP contribution in [0, 0.1) is 0 Å². The molecule has 0 rings (SSSR count). The zero-order valence-electron chi connectivity index (χ0n) is 6.39. The molecule has 0 aromatic rings. The number of aliphatic hydroxyl groups excluding tert-OH is 1. The summed E-state index contributed by atoms with van der Waals surface area (Å²) in [6, 6.07) is 0. The van der Waals surface area contributed by atoms with Crippen LogP contribution in [0.3, 0.4) is 0 Å². The molecule has 58 valence electrons. The summed E-state index contributed by atoms with van der Waals surface area (Å²) >= 11 is 0. The van der Waals surface area contributed by atoms with Gasteiger partial charge >= 0.3 is 0 Å². The summed E-state index contributed by atoms with van der Waals surface area (Å²) in [5, 5.41) is 18.0. The van der Waals surface area contributed by atoms with Gasteiger partial charge in [-0.1, -0.05) is 6.92 Å². The highest BCUT2D eigenvalue weighted by Crippen LogP contribution is 2.09. The molecule has 0 aliphatic carbocycles. The summed E-state index contributed by atoms with van der Waals surface area (Å²) in [6.07, 6.45) is 0.00579. The molecule has 0 bridgehead atoms. The SMILES string of the molecule is CCC(O)C(C)(C)O.N. The number of rotatable bonds is 2. The highest BCUT2D eigenvalue weighted by atomic mass is 16.3. The molecule has 0 saturated heterocycles. The fourth-order valence-electron chi connectivity index (χ4n) is 0.500. The van der Waals surface area contributed by atoms with E-state index in [1.54, 1.807) is 13.8 Å². The van der Waals surface area contributed by atoms with Crippen LogP contribution in [0.2, 0.25) is 0 Å². The summed E-state index contributed by atoms with van der Waals surface area (Å²) in [7, 11) is 0. The molecule has 0 aromatic heterocycles. The molecule has 0 amide bonds. The first kappa shape index (κ1) is 11.6. The van der Waals surface area contributed by atoms with Crippen molar-refractivity contribution in [2.45, 2.75) is 38.9 Å². The first-order chi connectivity index (χ1) is 3.48. The second-order valence-corrected chi connectivity index (χ2v) is 2.58. The monoisotopic (exact) mass is 135 g/mol. The Morgan fingerprint density at radius 3 is 1.78 bits per heavy atom. The lowest BCUT2D eigenvalue weighted by atomic mass is 10.0. The molecule has 0 aromatic carbocycles. The van der Waals surface area contributed by atoms with Crippen molar-refractivity contribution in [1.82, 2.24) is 6.15 Å². The van der Waals surface area contributed by atoms with Crippen molar-refractivity contribution in [1.29, 1.82) is 0 Å². The van der Waals surface area contributed by atoms with Crippen molar-refractivity contribution in [2.75, 3.05) is 0 Å². The van der Waals surface area contributed by atoms with Gasteiger partial charge in [0.25, 0.3) is 0 Å². The van der Waals surface area contributed by atoms with E-state index in [2.05, 4.69) is 0 Å². The van der Waals surface area contributed by atoms with Gasteiger partial charge in [-0.15, -0.1) is 0 Å². The van der Waals surface area contributed by atoms with Crippen LogP contribution in [0.25, 0.3) is 0 Å². The van der Waals surface area contributed by atoms with Crippen LogP contribution in [-0.4, -0.2) is 21.9 Å². The minimum atomic E-state index is -0.936. The van der Waals surface area contributed by atoms with Crippen LogP contribution in [-0.2, 0) is 0 Å². The first-order valence-corrected chi connectivity index (χ1v) is 2.89. The summed E-state index contributed by atoms with van der Waals surface area (Å²) in [5.74, 6) is 0. The molecule has 0 radical (unpaired) electrons. The van der Waals surface area contributed by atoms with E-state index in [0.29, 0.717) is 6.42 Å². The van der Waals surface area contributed by atoms with E-state index in [4.69, 9.17) is 10.2 Å². The van der Waals surface area contributed by atoms with Crippen LogP contribution in [0.1, 0.15) is 27.2 Å². The Bertz CT molecular complexity index is 67.9. The molecule has 0 aliphatic heterocycles. The van der Waals surface area contributed by atoms with E-state index < -0.39 is 11.7 Å². The van der Waals surface area contributed by atoms with Gasteiger partial charge in [-0.05, 0) is 20.3 Å². The van der Waals surface area contributed by atoms with E-state index in [1.165, 1.54) is 0 Å². The summed E-state index contributed by atoms with van der Waals surface area (Å²) in [6.45, 7) is 5.03. The molecule has 0 aliphatic rings. The Morgan fingerprint density at radius 1 is 1.44 bits per heavy atom. The highest BCUT2D eigenvalue weighted by Gasteiger charge is 2.21. The minimum absolute atomic E-state index is 0. The Morgan fingerprint density at radius 2 is 1.78 bits per heavy atom. The van der Waals surface area contributed by atoms with E-state index in [-0.39, 0.29) is 6.15 Å². The van der Waals surface area contributed by atoms with Gasteiger partial charge in [-0.2, -0.15) is 0 Å². The second kappa shape index (κ2) is 3.82. The second-order valence-electron chi connectivity index (χ2n) is 2.58. The van der Waals surface area contributed by atoms with E-state index in [1.807, 2.05) is 6.92 Å². The fraction of sp³-hybridized carbons (Fsp3) is 1.00. The van der Waals surface area contributed by atoms with Gasteiger partial charge in [0.2, 0.25) is 0 Å². The largest absolute Gasteiger partial charge is 0.390 e. The Hall–Kier alpha value is -0.120. The van der Waals surface area contributed by atoms with Crippen LogP contribution in [0.4, 0.5) is 0 Å². The Balaban J connectivity index is 0. The van der Waals surface area contributed by atoms with Gasteiger partial charge in [0, 0.05) is 0 Å². The van der Waals surface area contributed by atoms with Gasteiger partial charge in [-0.3, -0.25) is 0 Å². The lowest BCUT2D eigenvalue weighted by Crippen LogP contribution is -2.34. The van der Waals surface area contributed by atoms with Crippen molar-refractivity contribution < 1.29 is 10.2 Å². The van der Waals surface area contributed by atoms with E-state index in [0.717, 1.165) is 0 Å². The number of aliphatic hydroxyl groups is 2. The molecule has 0 heterocycles. The smallest absolute Gasteiger partial charge is 0.0849 e.